The minimum Gasteiger partial charge on any atom is -0.435 e. The van der Waals surface area contributed by atoms with E-state index in [-0.39, 0.29) is 41.8 Å². The van der Waals surface area contributed by atoms with Gasteiger partial charge in [-0.15, -0.1) is 0 Å². The molecule has 212 valence electrons. The molecule has 0 radical (unpaired) electrons. The number of ether oxygens (including phenoxy) is 1. The normalized spacial score (nSPS) is 21.1. The minimum atomic E-state index is -3.00. The molecule has 2 aromatic carbocycles. The predicted octanol–water partition coefficient (Wildman–Crippen LogP) is 5.11. The molecule has 4 rings (SSSR count). The lowest BCUT2D eigenvalue weighted by atomic mass is 9.83. The SMILES string of the molecule is CCN(C(=O)[C@@H]1CCCC[C@@H]1N)C1CN(C(=Nc2cccc(OC(F)F)c2)NC#N)N=C1c1ccc(Cl)c(Cl)c1. The number of alkyl halides is 2. The fourth-order valence-corrected chi connectivity index (χ4v) is 5.33. The van der Waals surface area contributed by atoms with Crippen LogP contribution in [-0.2, 0) is 4.79 Å². The molecule has 1 fully saturated rings. The number of aliphatic imine (C=N–C) groups is 1. The monoisotopic (exact) mass is 591 g/mol. The van der Waals surface area contributed by atoms with Crippen LogP contribution in [-0.4, -0.2) is 59.3 Å². The van der Waals surface area contributed by atoms with Gasteiger partial charge >= 0.3 is 6.61 Å². The Morgan fingerprint density at radius 2 is 2.05 bits per heavy atom. The first-order valence-corrected chi connectivity index (χ1v) is 13.6. The molecular formula is C27H29Cl2F2N7O2. The number of likely N-dealkylation sites (N-methyl/N-ethyl adjacent to an activating group) is 1. The van der Waals surface area contributed by atoms with Crippen LogP contribution in [0.1, 0.15) is 38.2 Å². The van der Waals surface area contributed by atoms with E-state index in [4.69, 9.17) is 34.0 Å². The molecule has 1 amide bonds. The number of benzene rings is 2. The molecule has 0 saturated heterocycles. The molecule has 3 atom stereocenters. The average molecular weight is 592 g/mol. The number of nitriles is 1. The second-order valence-corrected chi connectivity index (χ2v) is 10.3. The highest BCUT2D eigenvalue weighted by atomic mass is 35.5. The highest BCUT2D eigenvalue weighted by Gasteiger charge is 2.40. The number of hydrogen-bond acceptors (Lipinski definition) is 6. The second-order valence-electron chi connectivity index (χ2n) is 9.44. The Morgan fingerprint density at radius 1 is 1.27 bits per heavy atom. The van der Waals surface area contributed by atoms with Crippen molar-refractivity contribution in [3.05, 3.63) is 58.1 Å². The van der Waals surface area contributed by atoms with Crippen LogP contribution in [0.3, 0.4) is 0 Å². The van der Waals surface area contributed by atoms with Crippen LogP contribution in [0, 0.1) is 17.4 Å². The molecule has 1 aliphatic heterocycles. The van der Waals surface area contributed by atoms with Crippen LogP contribution in [0.2, 0.25) is 10.0 Å². The van der Waals surface area contributed by atoms with Gasteiger partial charge in [0.15, 0.2) is 6.19 Å². The zero-order valence-electron chi connectivity index (χ0n) is 21.7. The van der Waals surface area contributed by atoms with E-state index in [2.05, 4.69) is 15.0 Å². The summed E-state index contributed by atoms with van der Waals surface area (Å²) in [6.07, 6.45) is 5.27. The van der Waals surface area contributed by atoms with E-state index in [1.165, 1.54) is 23.2 Å². The zero-order valence-corrected chi connectivity index (χ0v) is 23.2. The minimum absolute atomic E-state index is 0.0367. The van der Waals surface area contributed by atoms with Gasteiger partial charge in [-0.25, -0.2) is 10.0 Å². The van der Waals surface area contributed by atoms with Gasteiger partial charge in [0.25, 0.3) is 0 Å². The number of guanidine groups is 1. The van der Waals surface area contributed by atoms with Crippen LogP contribution in [0.15, 0.2) is 52.6 Å². The van der Waals surface area contributed by atoms with Crippen LogP contribution < -0.4 is 15.8 Å². The number of amides is 1. The van der Waals surface area contributed by atoms with E-state index in [1.54, 1.807) is 29.2 Å². The first-order chi connectivity index (χ1) is 19.2. The van der Waals surface area contributed by atoms with Crippen LogP contribution in [0.5, 0.6) is 5.75 Å². The van der Waals surface area contributed by atoms with E-state index in [9.17, 15) is 18.8 Å². The van der Waals surface area contributed by atoms with Crippen molar-refractivity contribution >= 4 is 46.5 Å². The first-order valence-electron chi connectivity index (χ1n) is 12.9. The van der Waals surface area contributed by atoms with Crippen molar-refractivity contribution < 1.29 is 18.3 Å². The number of carbonyl (C=O) groups excluding carboxylic acids is 1. The summed E-state index contributed by atoms with van der Waals surface area (Å²) in [4.78, 5) is 20.0. The summed E-state index contributed by atoms with van der Waals surface area (Å²) in [5.41, 5.74) is 7.78. The lowest BCUT2D eigenvalue weighted by molar-refractivity contribution is -0.138. The van der Waals surface area contributed by atoms with Crippen molar-refractivity contribution in [1.29, 1.82) is 5.26 Å². The van der Waals surface area contributed by atoms with Crippen molar-refractivity contribution in [3.63, 3.8) is 0 Å². The Labute approximate surface area is 241 Å². The highest BCUT2D eigenvalue weighted by molar-refractivity contribution is 6.42. The molecule has 1 unspecified atom stereocenters. The average Bonchev–Trinajstić information content (AvgIpc) is 3.35. The fourth-order valence-electron chi connectivity index (χ4n) is 5.03. The smallest absolute Gasteiger partial charge is 0.387 e. The summed E-state index contributed by atoms with van der Waals surface area (Å²) in [5.74, 6) is -0.410. The molecule has 1 saturated carbocycles. The maximum absolute atomic E-state index is 13.8. The van der Waals surface area contributed by atoms with Gasteiger partial charge in [-0.2, -0.15) is 19.1 Å². The van der Waals surface area contributed by atoms with Gasteiger partial charge in [-0.1, -0.05) is 48.2 Å². The third kappa shape index (κ3) is 6.81. The molecule has 13 heteroatoms. The van der Waals surface area contributed by atoms with Crippen molar-refractivity contribution in [2.24, 2.45) is 21.7 Å². The Kier molecular flexibility index (Phi) is 9.79. The lowest BCUT2D eigenvalue weighted by Crippen LogP contribution is -2.53. The summed E-state index contributed by atoms with van der Waals surface area (Å²) < 4.78 is 29.9. The third-order valence-corrected chi connectivity index (χ3v) is 7.67. The molecule has 0 bridgehead atoms. The van der Waals surface area contributed by atoms with E-state index in [1.807, 2.05) is 13.1 Å². The van der Waals surface area contributed by atoms with Gasteiger partial charge in [0.05, 0.1) is 39.9 Å². The molecule has 40 heavy (non-hydrogen) atoms. The Morgan fingerprint density at radius 3 is 2.73 bits per heavy atom. The summed E-state index contributed by atoms with van der Waals surface area (Å²) >= 11 is 12.5. The van der Waals surface area contributed by atoms with Gasteiger partial charge in [0.2, 0.25) is 11.9 Å². The molecule has 1 heterocycles. The van der Waals surface area contributed by atoms with Crippen LogP contribution in [0.25, 0.3) is 0 Å². The van der Waals surface area contributed by atoms with Gasteiger partial charge in [0.1, 0.15) is 5.75 Å². The van der Waals surface area contributed by atoms with Gasteiger partial charge in [-0.05, 0) is 44.0 Å². The molecule has 3 N–H and O–H groups in total. The van der Waals surface area contributed by atoms with E-state index in [0.29, 0.717) is 34.3 Å². The van der Waals surface area contributed by atoms with Gasteiger partial charge in [-0.3, -0.25) is 10.1 Å². The van der Waals surface area contributed by atoms with E-state index < -0.39 is 12.7 Å². The predicted molar refractivity (Wildman–Crippen MR) is 150 cm³/mol. The Hall–Kier alpha value is -3.46. The molecule has 0 aromatic heterocycles. The van der Waals surface area contributed by atoms with Crippen molar-refractivity contribution in [1.82, 2.24) is 15.2 Å². The molecule has 1 aliphatic carbocycles. The maximum Gasteiger partial charge on any atom is 0.387 e. The molecule has 2 aliphatic rings. The fraction of sp³-hybridized carbons (Fsp3) is 0.407. The number of hydrogen-bond donors (Lipinski definition) is 2. The van der Waals surface area contributed by atoms with E-state index >= 15 is 0 Å². The van der Waals surface area contributed by atoms with Crippen molar-refractivity contribution in [2.75, 3.05) is 13.1 Å². The number of halogens is 4. The standard InChI is InChI=1S/C27H29Cl2F2N7O2/c1-2-37(25(39)19-8-3-4-9-22(19)33)23-14-38(36-24(23)16-10-11-20(28)21(29)12-16)27(34-15-32)35-17-6-5-7-18(13-17)40-26(30)31/h5-7,10-13,19,22-23,26H,2-4,8-9,14,33H2,1H3,(H,34,35)/t19-,22+,23?/m1/s1. The maximum atomic E-state index is 13.8. The number of nitrogens with one attached hydrogen (secondary N) is 1. The number of rotatable bonds is 7. The summed E-state index contributed by atoms with van der Waals surface area (Å²) in [5, 5.41) is 18.9. The van der Waals surface area contributed by atoms with Gasteiger partial charge < -0.3 is 15.4 Å². The first kappa shape index (κ1) is 29.5. The van der Waals surface area contributed by atoms with Crippen LogP contribution >= 0.6 is 23.2 Å². The van der Waals surface area contributed by atoms with Crippen molar-refractivity contribution in [3.8, 4) is 11.9 Å². The lowest BCUT2D eigenvalue weighted by Gasteiger charge is -2.36. The topological polar surface area (TPSA) is 119 Å². The Balaban J connectivity index is 1.73. The second kappa shape index (κ2) is 13.3. The quantitative estimate of drug-likeness (QED) is 0.200. The largest absolute Gasteiger partial charge is 0.435 e. The molecule has 2 aromatic rings. The summed E-state index contributed by atoms with van der Waals surface area (Å²) in [6, 6.07) is 10.1. The third-order valence-electron chi connectivity index (χ3n) is 6.93. The summed E-state index contributed by atoms with van der Waals surface area (Å²) in [6.45, 7) is -0.550. The zero-order chi connectivity index (χ0) is 28.8. The van der Waals surface area contributed by atoms with Gasteiger partial charge in [0, 0.05) is 24.2 Å². The van der Waals surface area contributed by atoms with Crippen LogP contribution in [0.4, 0.5) is 14.5 Å². The van der Waals surface area contributed by atoms with E-state index in [0.717, 1.165) is 19.3 Å². The number of hydrazone groups is 1. The molecular weight excluding hydrogens is 563 g/mol. The number of nitrogens with two attached hydrogens (primary N) is 1. The number of nitrogens with zero attached hydrogens (tertiary/aromatic N) is 5. The summed E-state index contributed by atoms with van der Waals surface area (Å²) in [7, 11) is 0. The highest BCUT2D eigenvalue weighted by Crippen LogP contribution is 2.30. The number of carbonyl (C=O) groups is 1. The molecule has 0 spiro atoms. The Bertz CT molecular complexity index is 1330. The molecule has 9 nitrogen and oxygen atoms in total. The van der Waals surface area contributed by atoms with Crippen molar-refractivity contribution in [2.45, 2.75) is 51.3 Å².